The van der Waals surface area contributed by atoms with Crippen LogP contribution in [0.25, 0.3) is 11.0 Å². The van der Waals surface area contributed by atoms with Crippen molar-refractivity contribution in [3.63, 3.8) is 0 Å². The largest absolute Gasteiger partial charge is 0.458 e. The van der Waals surface area contributed by atoms with Crippen LogP contribution in [-0.2, 0) is 6.54 Å². The van der Waals surface area contributed by atoms with E-state index in [0.717, 1.165) is 29.8 Å². The third-order valence-electron chi connectivity index (χ3n) is 2.55. The lowest BCUT2D eigenvalue weighted by Crippen LogP contribution is -2.11. The molecule has 0 spiro atoms. The van der Waals surface area contributed by atoms with Gasteiger partial charge in [-0.15, -0.1) is 0 Å². The van der Waals surface area contributed by atoms with E-state index >= 15 is 0 Å². The van der Waals surface area contributed by atoms with Gasteiger partial charge in [-0.3, -0.25) is 0 Å². The summed E-state index contributed by atoms with van der Waals surface area (Å²) in [4.78, 5) is 0. The number of hydrogen-bond donors (Lipinski definition) is 1. The minimum Gasteiger partial charge on any atom is -0.458 e. The Kier molecular flexibility index (Phi) is 2.98. The van der Waals surface area contributed by atoms with Gasteiger partial charge in [0.2, 0.25) is 0 Å². The van der Waals surface area contributed by atoms with Crippen molar-refractivity contribution in [1.29, 1.82) is 0 Å². The van der Waals surface area contributed by atoms with E-state index in [1.54, 1.807) is 0 Å². The first kappa shape index (κ1) is 10.5. The molecular weight excluding hydrogens is 210 g/mol. The summed E-state index contributed by atoms with van der Waals surface area (Å²) in [7, 11) is 0. The topological polar surface area (TPSA) is 25.2 Å². The molecule has 0 atom stereocenters. The fraction of sp³-hybridized carbons (Fsp3) is 0.333. The number of fused-ring (bicyclic) bond motifs is 1. The number of rotatable bonds is 3. The van der Waals surface area contributed by atoms with Crippen molar-refractivity contribution < 1.29 is 4.42 Å². The Labute approximate surface area is 94.2 Å². The zero-order valence-electron chi connectivity index (χ0n) is 8.93. The molecule has 0 aliphatic carbocycles. The Morgan fingerprint density at radius 1 is 1.40 bits per heavy atom. The first-order valence-corrected chi connectivity index (χ1v) is 5.49. The third kappa shape index (κ3) is 1.87. The summed E-state index contributed by atoms with van der Waals surface area (Å²) >= 11 is 6.06. The van der Waals surface area contributed by atoms with E-state index in [-0.39, 0.29) is 0 Å². The smallest absolute Gasteiger partial charge is 0.153 e. The standard InChI is InChI=1S/C12H14ClNO/c1-3-14-7-11-8(2)9-5-4-6-10(13)12(9)15-11/h4-6,14H,3,7H2,1-2H3. The number of halogens is 1. The summed E-state index contributed by atoms with van der Waals surface area (Å²) in [6, 6.07) is 5.84. The summed E-state index contributed by atoms with van der Waals surface area (Å²) in [6.07, 6.45) is 0. The molecule has 15 heavy (non-hydrogen) atoms. The lowest BCUT2D eigenvalue weighted by atomic mass is 10.1. The van der Waals surface area contributed by atoms with Crippen LogP contribution in [0.5, 0.6) is 0 Å². The van der Waals surface area contributed by atoms with Gasteiger partial charge in [-0.1, -0.05) is 30.7 Å². The number of hydrogen-bond acceptors (Lipinski definition) is 2. The third-order valence-corrected chi connectivity index (χ3v) is 2.85. The van der Waals surface area contributed by atoms with Crippen LogP contribution in [0.15, 0.2) is 22.6 Å². The second-order valence-electron chi connectivity index (χ2n) is 3.55. The predicted octanol–water partition coefficient (Wildman–Crippen LogP) is 3.50. The minimum absolute atomic E-state index is 0.679. The van der Waals surface area contributed by atoms with Crippen molar-refractivity contribution in [2.75, 3.05) is 6.54 Å². The van der Waals surface area contributed by atoms with Crippen LogP contribution in [0.3, 0.4) is 0 Å². The molecule has 1 aromatic carbocycles. The average molecular weight is 224 g/mol. The van der Waals surface area contributed by atoms with Gasteiger partial charge >= 0.3 is 0 Å². The van der Waals surface area contributed by atoms with E-state index in [2.05, 4.69) is 19.2 Å². The summed E-state index contributed by atoms with van der Waals surface area (Å²) in [5, 5.41) is 5.03. The Morgan fingerprint density at radius 3 is 2.87 bits per heavy atom. The molecule has 2 nitrogen and oxygen atoms in total. The second kappa shape index (κ2) is 4.25. The number of para-hydroxylation sites is 1. The number of nitrogens with one attached hydrogen (secondary N) is 1. The van der Waals surface area contributed by atoms with E-state index in [9.17, 15) is 0 Å². The van der Waals surface area contributed by atoms with Gasteiger partial charge in [-0.25, -0.2) is 0 Å². The van der Waals surface area contributed by atoms with Crippen molar-refractivity contribution in [3.8, 4) is 0 Å². The lowest BCUT2D eigenvalue weighted by molar-refractivity contribution is 0.516. The van der Waals surface area contributed by atoms with Crippen molar-refractivity contribution in [3.05, 3.63) is 34.5 Å². The van der Waals surface area contributed by atoms with Gasteiger partial charge in [0.1, 0.15) is 5.76 Å². The highest BCUT2D eigenvalue weighted by Crippen LogP contribution is 2.30. The molecule has 1 aromatic heterocycles. The zero-order chi connectivity index (χ0) is 10.8. The highest BCUT2D eigenvalue weighted by Gasteiger charge is 2.11. The van der Waals surface area contributed by atoms with Crippen LogP contribution in [0.4, 0.5) is 0 Å². The maximum absolute atomic E-state index is 6.06. The normalized spacial score (nSPS) is 11.1. The van der Waals surface area contributed by atoms with Gasteiger partial charge in [0.05, 0.1) is 11.6 Å². The summed E-state index contributed by atoms with van der Waals surface area (Å²) in [5.41, 5.74) is 1.97. The van der Waals surface area contributed by atoms with Crippen LogP contribution < -0.4 is 5.32 Å². The predicted molar refractivity (Wildman–Crippen MR) is 63.3 cm³/mol. The Balaban J connectivity index is 2.49. The van der Waals surface area contributed by atoms with Crippen LogP contribution in [0.2, 0.25) is 5.02 Å². The van der Waals surface area contributed by atoms with Gasteiger partial charge in [0, 0.05) is 5.39 Å². The molecule has 3 heteroatoms. The Bertz CT molecular complexity index is 476. The Morgan fingerprint density at radius 2 is 2.20 bits per heavy atom. The quantitative estimate of drug-likeness (QED) is 0.862. The fourth-order valence-corrected chi connectivity index (χ4v) is 1.88. The van der Waals surface area contributed by atoms with E-state index < -0.39 is 0 Å². The summed E-state index contributed by atoms with van der Waals surface area (Å²) in [6.45, 7) is 5.83. The monoisotopic (exact) mass is 223 g/mol. The van der Waals surface area contributed by atoms with Gasteiger partial charge in [0.25, 0.3) is 0 Å². The van der Waals surface area contributed by atoms with E-state index in [1.165, 1.54) is 5.56 Å². The average Bonchev–Trinajstić information content (AvgIpc) is 2.55. The molecule has 0 saturated carbocycles. The molecule has 1 N–H and O–H groups in total. The van der Waals surface area contributed by atoms with E-state index in [4.69, 9.17) is 16.0 Å². The number of furan rings is 1. The molecule has 1 heterocycles. The number of benzene rings is 1. The maximum Gasteiger partial charge on any atom is 0.153 e. The van der Waals surface area contributed by atoms with E-state index in [0.29, 0.717) is 5.02 Å². The summed E-state index contributed by atoms with van der Waals surface area (Å²) in [5.74, 6) is 0.972. The van der Waals surface area contributed by atoms with Crippen molar-refractivity contribution in [1.82, 2.24) is 5.32 Å². The molecule has 2 aromatic rings. The van der Waals surface area contributed by atoms with Crippen molar-refractivity contribution in [2.45, 2.75) is 20.4 Å². The minimum atomic E-state index is 0.679. The molecule has 0 amide bonds. The molecular formula is C12H14ClNO. The van der Waals surface area contributed by atoms with Gasteiger partial charge < -0.3 is 9.73 Å². The second-order valence-corrected chi connectivity index (χ2v) is 3.95. The maximum atomic E-state index is 6.06. The van der Waals surface area contributed by atoms with Gasteiger partial charge in [-0.2, -0.15) is 0 Å². The van der Waals surface area contributed by atoms with Gasteiger partial charge in [-0.05, 0) is 25.1 Å². The van der Waals surface area contributed by atoms with E-state index in [1.807, 2.05) is 18.2 Å². The molecule has 0 unspecified atom stereocenters. The zero-order valence-corrected chi connectivity index (χ0v) is 9.69. The van der Waals surface area contributed by atoms with Crippen LogP contribution >= 0.6 is 11.6 Å². The first-order valence-electron chi connectivity index (χ1n) is 5.11. The molecule has 0 saturated heterocycles. The molecule has 0 radical (unpaired) electrons. The molecule has 0 aliphatic heterocycles. The first-order chi connectivity index (χ1) is 7.24. The fourth-order valence-electron chi connectivity index (χ4n) is 1.67. The molecule has 80 valence electrons. The number of aryl methyl sites for hydroxylation is 1. The molecule has 0 bridgehead atoms. The van der Waals surface area contributed by atoms with Crippen LogP contribution in [0, 0.1) is 6.92 Å². The van der Waals surface area contributed by atoms with Crippen LogP contribution in [0.1, 0.15) is 18.2 Å². The Hall–Kier alpha value is -0.990. The van der Waals surface area contributed by atoms with Crippen molar-refractivity contribution >= 4 is 22.6 Å². The highest BCUT2D eigenvalue weighted by molar-refractivity contribution is 6.34. The summed E-state index contributed by atoms with van der Waals surface area (Å²) < 4.78 is 5.74. The molecule has 0 fully saturated rings. The molecule has 2 rings (SSSR count). The van der Waals surface area contributed by atoms with Gasteiger partial charge in [0.15, 0.2) is 5.58 Å². The van der Waals surface area contributed by atoms with Crippen molar-refractivity contribution in [2.24, 2.45) is 0 Å². The highest BCUT2D eigenvalue weighted by atomic mass is 35.5. The van der Waals surface area contributed by atoms with Crippen LogP contribution in [-0.4, -0.2) is 6.54 Å². The molecule has 0 aliphatic rings. The SMILES string of the molecule is CCNCc1oc2c(Cl)cccc2c1C. The lowest BCUT2D eigenvalue weighted by Gasteiger charge is -1.97.